The average molecular weight is 344 g/mol. The minimum Gasteiger partial charge on any atom is -0.360 e. The molecule has 0 aliphatic rings. The van der Waals surface area contributed by atoms with E-state index in [-0.39, 0.29) is 24.4 Å². The first-order chi connectivity index (χ1) is 11.9. The fraction of sp³-hybridized carbons (Fsp3) is 0.389. The molecule has 0 radical (unpaired) electrons. The van der Waals surface area contributed by atoms with Crippen molar-refractivity contribution < 1.29 is 14.1 Å². The van der Waals surface area contributed by atoms with E-state index in [1.165, 1.54) is 0 Å². The highest BCUT2D eigenvalue weighted by atomic mass is 16.5. The van der Waals surface area contributed by atoms with Crippen molar-refractivity contribution in [1.82, 2.24) is 15.4 Å². The molecule has 0 saturated carbocycles. The van der Waals surface area contributed by atoms with E-state index in [0.717, 1.165) is 5.56 Å². The molecule has 1 aromatic heterocycles. The minimum atomic E-state index is -0.629. The van der Waals surface area contributed by atoms with Crippen LogP contribution >= 0.6 is 0 Å². The molecule has 2 rings (SSSR count). The largest absolute Gasteiger partial charge is 0.360 e. The molecule has 2 N–H and O–H groups in total. The molecule has 0 saturated heterocycles. The molecule has 1 aromatic carbocycles. The normalized spacial score (nSPS) is 12.2. The Hall–Kier alpha value is -2.67. The van der Waals surface area contributed by atoms with Crippen molar-refractivity contribution in [2.24, 2.45) is 0 Å². The van der Waals surface area contributed by atoms with Gasteiger partial charge in [0.25, 0.3) is 0 Å². The number of anilines is 1. The van der Waals surface area contributed by atoms with Gasteiger partial charge in [0, 0.05) is 12.1 Å². The van der Waals surface area contributed by atoms with Gasteiger partial charge in [-0.05, 0) is 33.4 Å². The lowest BCUT2D eigenvalue weighted by atomic mass is 10.0. The molecule has 2 amide bonds. The molecule has 0 aliphatic carbocycles. The van der Waals surface area contributed by atoms with Gasteiger partial charge in [-0.25, -0.2) is 0 Å². The van der Waals surface area contributed by atoms with Crippen molar-refractivity contribution in [3.63, 3.8) is 0 Å². The van der Waals surface area contributed by atoms with E-state index in [9.17, 15) is 9.59 Å². The number of likely N-dealkylation sites (N-methyl/N-ethyl adjacent to an activating group) is 1. The maximum Gasteiger partial charge on any atom is 0.247 e. The van der Waals surface area contributed by atoms with E-state index in [1.807, 2.05) is 44.2 Å². The molecule has 0 aliphatic heterocycles. The maximum atomic E-state index is 12.8. The Morgan fingerprint density at radius 3 is 2.48 bits per heavy atom. The Morgan fingerprint density at radius 1 is 1.24 bits per heavy atom. The molecular weight excluding hydrogens is 320 g/mol. The highest BCUT2D eigenvalue weighted by molar-refractivity contribution is 5.95. The molecule has 0 unspecified atom stereocenters. The van der Waals surface area contributed by atoms with E-state index in [4.69, 9.17) is 4.52 Å². The summed E-state index contributed by atoms with van der Waals surface area (Å²) in [6.07, 6.45) is 0. The van der Waals surface area contributed by atoms with Crippen molar-refractivity contribution >= 4 is 17.6 Å². The smallest absolute Gasteiger partial charge is 0.247 e. The Bertz CT molecular complexity index is 712. The molecule has 134 valence electrons. The van der Waals surface area contributed by atoms with E-state index in [0.29, 0.717) is 11.6 Å². The van der Waals surface area contributed by atoms with Crippen LogP contribution in [0.25, 0.3) is 0 Å². The number of carbonyl (C=O) groups excluding carboxylic acids is 2. The maximum absolute atomic E-state index is 12.8. The van der Waals surface area contributed by atoms with Gasteiger partial charge in [0.2, 0.25) is 11.8 Å². The number of amides is 2. The van der Waals surface area contributed by atoms with Gasteiger partial charge < -0.3 is 15.2 Å². The molecule has 0 bridgehead atoms. The molecule has 2 aromatic rings. The summed E-state index contributed by atoms with van der Waals surface area (Å²) in [4.78, 5) is 26.6. The number of carbonyl (C=O) groups is 2. The van der Waals surface area contributed by atoms with Crippen molar-refractivity contribution in [1.29, 1.82) is 0 Å². The number of nitrogens with one attached hydrogen (secondary N) is 2. The summed E-state index contributed by atoms with van der Waals surface area (Å²) in [6.45, 7) is 5.64. The summed E-state index contributed by atoms with van der Waals surface area (Å²) in [5.74, 6) is 0.544. The van der Waals surface area contributed by atoms with E-state index >= 15 is 0 Å². The van der Waals surface area contributed by atoms with Crippen molar-refractivity contribution in [2.75, 3.05) is 18.9 Å². The zero-order valence-electron chi connectivity index (χ0n) is 14.9. The number of hydrogen-bond acceptors (Lipinski definition) is 5. The first-order valence-corrected chi connectivity index (χ1v) is 8.15. The SMILES string of the molecule is Cc1cc(NC(=O)[C@H](c2ccccc2)N(C)CC(=O)NC(C)C)no1. The third-order valence-electron chi connectivity index (χ3n) is 3.53. The Labute approximate surface area is 147 Å². The molecule has 1 heterocycles. The summed E-state index contributed by atoms with van der Waals surface area (Å²) in [5, 5.41) is 9.36. The Kier molecular flexibility index (Phi) is 6.30. The fourth-order valence-corrected chi connectivity index (χ4v) is 2.55. The monoisotopic (exact) mass is 344 g/mol. The summed E-state index contributed by atoms with van der Waals surface area (Å²) >= 11 is 0. The Morgan fingerprint density at radius 2 is 1.92 bits per heavy atom. The van der Waals surface area contributed by atoms with Crippen molar-refractivity contribution in [3.05, 3.63) is 47.7 Å². The van der Waals surface area contributed by atoms with Crippen molar-refractivity contribution in [2.45, 2.75) is 32.9 Å². The molecule has 7 nitrogen and oxygen atoms in total. The summed E-state index contributed by atoms with van der Waals surface area (Å²) in [5.41, 5.74) is 0.792. The van der Waals surface area contributed by atoms with Crippen LogP contribution in [-0.2, 0) is 9.59 Å². The van der Waals surface area contributed by atoms with Crippen molar-refractivity contribution in [3.8, 4) is 0 Å². The van der Waals surface area contributed by atoms with Crippen LogP contribution in [0, 0.1) is 6.92 Å². The second-order valence-electron chi connectivity index (χ2n) is 6.26. The fourth-order valence-electron chi connectivity index (χ4n) is 2.55. The van der Waals surface area contributed by atoms with Crippen LogP contribution in [0.5, 0.6) is 0 Å². The number of hydrogen-bond donors (Lipinski definition) is 2. The molecule has 25 heavy (non-hydrogen) atoms. The second kappa shape index (κ2) is 8.43. The molecule has 1 atom stereocenters. The summed E-state index contributed by atoms with van der Waals surface area (Å²) in [7, 11) is 1.74. The van der Waals surface area contributed by atoms with Crippen LogP contribution in [0.15, 0.2) is 40.9 Å². The highest BCUT2D eigenvalue weighted by Crippen LogP contribution is 2.21. The van der Waals surface area contributed by atoms with Crippen LogP contribution in [0.4, 0.5) is 5.82 Å². The van der Waals surface area contributed by atoms with Gasteiger partial charge in [-0.15, -0.1) is 0 Å². The number of benzene rings is 1. The lowest BCUT2D eigenvalue weighted by Gasteiger charge is -2.27. The molecule has 7 heteroatoms. The quantitative estimate of drug-likeness (QED) is 0.803. The minimum absolute atomic E-state index is 0.0445. The topological polar surface area (TPSA) is 87.5 Å². The molecular formula is C18H24N4O3. The van der Waals surface area contributed by atoms with E-state index in [1.54, 1.807) is 24.9 Å². The first-order valence-electron chi connectivity index (χ1n) is 8.15. The third-order valence-corrected chi connectivity index (χ3v) is 3.53. The van der Waals surface area contributed by atoms with Gasteiger partial charge >= 0.3 is 0 Å². The number of aryl methyl sites for hydroxylation is 1. The van der Waals surface area contributed by atoms with Gasteiger partial charge in [-0.1, -0.05) is 35.5 Å². The van der Waals surface area contributed by atoms with Crippen LogP contribution in [-0.4, -0.2) is 41.5 Å². The average Bonchev–Trinajstić information content (AvgIpc) is 2.92. The number of nitrogens with zero attached hydrogens (tertiary/aromatic N) is 2. The van der Waals surface area contributed by atoms with Crippen LogP contribution in [0.3, 0.4) is 0 Å². The van der Waals surface area contributed by atoms with Gasteiger partial charge in [-0.3, -0.25) is 14.5 Å². The Balaban J connectivity index is 2.18. The van der Waals surface area contributed by atoms with Gasteiger partial charge in [-0.2, -0.15) is 0 Å². The third kappa shape index (κ3) is 5.42. The van der Waals surface area contributed by atoms with Gasteiger partial charge in [0.05, 0.1) is 6.54 Å². The number of rotatable bonds is 7. The summed E-state index contributed by atoms with van der Waals surface area (Å²) < 4.78 is 4.98. The van der Waals surface area contributed by atoms with E-state index < -0.39 is 6.04 Å². The van der Waals surface area contributed by atoms with E-state index in [2.05, 4.69) is 15.8 Å². The van der Waals surface area contributed by atoms with Gasteiger partial charge in [0.1, 0.15) is 11.8 Å². The molecule has 0 fully saturated rings. The summed E-state index contributed by atoms with van der Waals surface area (Å²) in [6, 6.07) is 10.4. The standard InChI is InChI=1S/C18H24N4O3/c1-12(2)19-16(23)11-22(4)17(14-8-6-5-7-9-14)18(24)20-15-10-13(3)25-21-15/h5-10,12,17H,11H2,1-4H3,(H,19,23)(H,20,21,24)/t17-/m0/s1. The zero-order chi connectivity index (χ0) is 18.4. The van der Waals surface area contributed by atoms with Gasteiger partial charge in [0.15, 0.2) is 5.82 Å². The predicted octanol–water partition coefficient (Wildman–Crippen LogP) is 2.12. The lowest BCUT2D eigenvalue weighted by Crippen LogP contribution is -2.43. The predicted molar refractivity (Wildman–Crippen MR) is 95.0 cm³/mol. The molecule has 0 spiro atoms. The second-order valence-corrected chi connectivity index (χ2v) is 6.26. The number of aromatic nitrogens is 1. The highest BCUT2D eigenvalue weighted by Gasteiger charge is 2.27. The first kappa shape index (κ1) is 18.7. The van der Waals surface area contributed by atoms with Crippen LogP contribution in [0.1, 0.15) is 31.2 Å². The van der Waals surface area contributed by atoms with Crippen LogP contribution in [0.2, 0.25) is 0 Å². The lowest BCUT2D eigenvalue weighted by molar-refractivity contribution is -0.125. The zero-order valence-corrected chi connectivity index (χ0v) is 14.9. The van der Waals surface area contributed by atoms with Crippen LogP contribution < -0.4 is 10.6 Å².